The molecule has 0 unspecified atom stereocenters. The average Bonchev–Trinajstić information content (AvgIpc) is 3.96. The predicted octanol–water partition coefficient (Wildman–Crippen LogP) is 16.3. The Bertz CT molecular complexity index is 4180. The van der Waals surface area contributed by atoms with Crippen molar-refractivity contribution in [2.75, 3.05) is 0 Å². The molecule has 8 nitrogen and oxygen atoms in total. The molecule has 0 amide bonds. The van der Waals surface area contributed by atoms with Crippen LogP contribution >= 0.6 is 0 Å². The predicted molar refractivity (Wildman–Crippen MR) is 287 cm³/mol. The molecule has 330 valence electrons. The van der Waals surface area contributed by atoms with E-state index in [4.69, 9.17) is 18.1 Å². The molecule has 12 aromatic rings. The summed E-state index contributed by atoms with van der Waals surface area (Å²) >= 11 is 0. The maximum atomic E-state index is 10.5. The minimum absolute atomic E-state index is 0.504. The third-order valence-corrected chi connectivity index (χ3v) is 13.6. The second-order valence-electron chi connectivity index (χ2n) is 17.5. The number of fused-ring (bicyclic) bond motifs is 6. The highest BCUT2D eigenvalue weighted by atomic mass is 15.0. The van der Waals surface area contributed by atoms with Gasteiger partial charge in [-0.2, -0.15) is 15.8 Å². The van der Waals surface area contributed by atoms with Crippen molar-refractivity contribution in [3.8, 4) is 85.2 Å². The number of pyridine rings is 1. The summed E-state index contributed by atoms with van der Waals surface area (Å²) in [4.78, 5) is 12.0. The van der Waals surface area contributed by atoms with E-state index in [-0.39, 0.29) is 0 Å². The lowest BCUT2D eigenvalue weighted by Crippen LogP contribution is -2.02. The molecule has 0 fully saturated rings. The van der Waals surface area contributed by atoms with Crippen LogP contribution in [0, 0.1) is 47.1 Å². The van der Waals surface area contributed by atoms with Crippen LogP contribution in [-0.4, -0.2) is 14.1 Å². The zero-order valence-electron chi connectivity index (χ0n) is 38.2. The third kappa shape index (κ3) is 7.17. The van der Waals surface area contributed by atoms with Crippen LogP contribution in [0.2, 0.25) is 0 Å². The van der Waals surface area contributed by atoms with E-state index in [1.807, 2.05) is 134 Å². The SMILES string of the molecule is [C-]#[N+]c1ccc(-c2ccc3c(c2)c2cc(-c4ccc([N+]#[C-])cc4)ccc2n3-c2cc(C#N)ccc2-c2cnccc2-n2c3ccc(-c4ccc(C#N)cc4)cc3c3cc(-c4ccc(C#N)cc4)ccc32)cc1. The second kappa shape index (κ2) is 17.4. The molecule has 72 heavy (non-hydrogen) atoms. The van der Waals surface area contributed by atoms with E-state index < -0.39 is 0 Å². The molecule has 0 aliphatic carbocycles. The van der Waals surface area contributed by atoms with E-state index >= 15 is 0 Å². The largest absolute Gasteiger partial charge is 0.309 e. The van der Waals surface area contributed by atoms with Crippen molar-refractivity contribution in [3.05, 3.63) is 246 Å². The van der Waals surface area contributed by atoms with Crippen LogP contribution in [-0.2, 0) is 0 Å². The van der Waals surface area contributed by atoms with Gasteiger partial charge < -0.3 is 9.13 Å². The van der Waals surface area contributed by atoms with Gasteiger partial charge in [0, 0.05) is 45.1 Å². The lowest BCUT2D eigenvalue weighted by Gasteiger charge is -2.18. The summed E-state index contributed by atoms with van der Waals surface area (Å²) in [6, 6.07) is 71.2. The highest BCUT2D eigenvalue weighted by Gasteiger charge is 2.23. The Morgan fingerprint density at radius 1 is 0.347 bits per heavy atom. The number of aromatic nitrogens is 3. The van der Waals surface area contributed by atoms with E-state index in [2.05, 4.69) is 110 Å². The maximum Gasteiger partial charge on any atom is 0.187 e. The summed E-state index contributed by atoms with van der Waals surface area (Å²) in [6.45, 7) is 15.0. The highest BCUT2D eigenvalue weighted by molar-refractivity contribution is 6.14. The summed E-state index contributed by atoms with van der Waals surface area (Å²) in [5.41, 5.74) is 18.1. The zero-order chi connectivity index (χ0) is 48.9. The lowest BCUT2D eigenvalue weighted by atomic mass is 9.99. The van der Waals surface area contributed by atoms with Gasteiger partial charge in [0.15, 0.2) is 11.4 Å². The van der Waals surface area contributed by atoms with E-state index in [1.54, 1.807) is 0 Å². The van der Waals surface area contributed by atoms with Crippen LogP contribution in [0.5, 0.6) is 0 Å². The number of nitriles is 3. The van der Waals surface area contributed by atoms with Crippen molar-refractivity contribution in [1.29, 1.82) is 15.8 Å². The van der Waals surface area contributed by atoms with E-state index in [0.717, 1.165) is 111 Å². The van der Waals surface area contributed by atoms with Crippen LogP contribution < -0.4 is 0 Å². The highest BCUT2D eigenvalue weighted by Crippen LogP contribution is 2.44. The van der Waals surface area contributed by atoms with Crippen molar-refractivity contribution >= 4 is 55.0 Å². The Morgan fingerprint density at radius 3 is 1.07 bits per heavy atom. The molecule has 0 aliphatic rings. The smallest absolute Gasteiger partial charge is 0.187 e. The summed E-state index contributed by atoms with van der Waals surface area (Å²) in [7, 11) is 0. The Kier molecular flexibility index (Phi) is 10.3. The van der Waals surface area contributed by atoms with Gasteiger partial charge in [-0.1, -0.05) is 103 Å². The van der Waals surface area contributed by atoms with Gasteiger partial charge in [-0.3, -0.25) is 4.98 Å². The maximum absolute atomic E-state index is 10.5. The van der Waals surface area contributed by atoms with Gasteiger partial charge in [-0.15, -0.1) is 0 Å². The van der Waals surface area contributed by atoms with Gasteiger partial charge in [0.05, 0.1) is 81.5 Å². The van der Waals surface area contributed by atoms with E-state index in [1.165, 1.54) is 0 Å². The molecular formula is C64H34N8. The minimum Gasteiger partial charge on any atom is -0.309 e. The van der Waals surface area contributed by atoms with Gasteiger partial charge in [0.1, 0.15) is 0 Å². The van der Waals surface area contributed by atoms with Crippen LogP contribution in [0.15, 0.2) is 207 Å². The van der Waals surface area contributed by atoms with Crippen molar-refractivity contribution in [2.45, 2.75) is 0 Å². The first kappa shape index (κ1) is 42.5. The van der Waals surface area contributed by atoms with Gasteiger partial charge in [0.25, 0.3) is 0 Å². The standard InChI is InChI=1S/C64H34N8/c1-68-51-20-12-45(13-21-51)49-18-27-61-56(34-49)57-35-50(46-14-22-52(69-2)23-15-46)19-28-62(57)72(61)64-31-42(38-67)7-24-53(64)58-39-70-30-29-63(58)71-59-25-16-47(43-8-3-40(36-65)4-9-43)32-54(59)55-33-48(17-26-60(55)71)44-10-5-41(37-66)6-11-44/h3-35,39H. The molecule has 0 bridgehead atoms. The fraction of sp³-hybridized carbons (Fsp3) is 0. The molecule has 0 saturated carbocycles. The summed E-state index contributed by atoms with van der Waals surface area (Å²) in [5.74, 6) is 0. The summed E-state index contributed by atoms with van der Waals surface area (Å²) in [6.07, 6.45) is 3.72. The van der Waals surface area contributed by atoms with Crippen LogP contribution in [0.25, 0.3) is 120 Å². The molecule has 0 N–H and O–H groups in total. The molecule has 3 heterocycles. The molecule has 0 atom stereocenters. The van der Waals surface area contributed by atoms with Gasteiger partial charge in [0.2, 0.25) is 0 Å². The van der Waals surface area contributed by atoms with Crippen LogP contribution in [0.1, 0.15) is 16.7 Å². The number of nitrogens with zero attached hydrogens (tertiary/aromatic N) is 8. The third-order valence-electron chi connectivity index (χ3n) is 13.6. The Labute approximate surface area is 414 Å². The number of hydrogen-bond acceptors (Lipinski definition) is 4. The topological polar surface area (TPSA) is 103 Å². The number of benzene rings is 9. The van der Waals surface area contributed by atoms with E-state index in [0.29, 0.717) is 28.1 Å². The average molecular weight is 915 g/mol. The van der Waals surface area contributed by atoms with Gasteiger partial charge in [-0.05, 0) is 136 Å². The molecule has 3 aromatic heterocycles. The van der Waals surface area contributed by atoms with Crippen molar-refractivity contribution in [3.63, 3.8) is 0 Å². The van der Waals surface area contributed by atoms with Crippen LogP contribution in [0.3, 0.4) is 0 Å². The second-order valence-corrected chi connectivity index (χ2v) is 17.5. The first-order valence-electron chi connectivity index (χ1n) is 23.1. The van der Waals surface area contributed by atoms with Crippen molar-refractivity contribution in [2.24, 2.45) is 0 Å². The molecule has 0 spiro atoms. The Balaban J connectivity index is 1.10. The normalized spacial score (nSPS) is 11.0. The van der Waals surface area contributed by atoms with Gasteiger partial charge >= 0.3 is 0 Å². The molecule has 8 heteroatoms. The van der Waals surface area contributed by atoms with Crippen molar-refractivity contribution in [1.82, 2.24) is 14.1 Å². The van der Waals surface area contributed by atoms with Crippen molar-refractivity contribution < 1.29 is 0 Å². The lowest BCUT2D eigenvalue weighted by molar-refractivity contribution is 1.14. The molecule has 0 saturated heterocycles. The van der Waals surface area contributed by atoms with Gasteiger partial charge in [-0.25, -0.2) is 9.69 Å². The minimum atomic E-state index is 0.504. The quantitative estimate of drug-likeness (QED) is 0.149. The molecule has 9 aromatic carbocycles. The number of hydrogen-bond donors (Lipinski definition) is 0. The Hall–Kier alpha value is -10.8. The van der Waals surface area contributed by atoms with Crippen LogP contribution in [0.4, 0.5) is 11.4 Å². The molecule has 12 rings (SSSR count). The Morgan fingerprint density at radius 2 is 0.694 bits per heavy atom. The zero-order valence-corrected chi connectivity index (χ0v) is 38.2. The molecule has 0 radical (unpaired) electrons. The fourth-order valence-corrected chi connectivity index (χ4v) is 10.0. The summed E-state index contributed by atoms with van der Waals surface area (Å²) < 4.78 is 4.53. The molecular weight excluding hydrogens is 881 g/mol. The first-order valence-corrected chi connectivity index (χ1v) is 23.1. The molecule has 0 aliphatic heterocycles. The first-order chi connectivity index (χ1) is 35.4. The summed E-state index contributed by atoms with van der Waals surface area (Å²) in [5, 5.41) is 33.7. The number of rotatable bonds is 7. The van der Waals surface area contributed by atoms with E-state index in [9.17, 15) is 15.8 Å². The monoisotopic (exact) mass is 914 g/mol. The fourth-order valence-electron chi connectivity index (χ4n) is 10.0.